The molecule has 0 unspecified atom stereocenters. The minimum absolute atomic E-state index is 0.889. The van der Waals surface area contributed by atoms with Gasteiger partial charge < -0.3 is 10.1 Å². The van der Waals surface area contributed by atoms with Crippen molar-refractivity contribution < 1.29 is 25.9 Å². The molecule has 0 aromatic rings. The van der Waals surface area contributed by atoms with Crippen LogP contribution in [-0.4, -0.2) is 43.8 Å². The summed E-state index contributed by atoms with van der Waals surface area (Å²) >= 11 is -5.29. The van der Waals surface area contributed by atoms with E-state index in [1.807, 2.05) is 0 Å². The third-order valence-corrected chi connectivity index (χ3v) is 1.89. The molecule has 1 aliphatic rings. The maximum absolute atomic E-state index is 9.35. The molecule has 80 valence electrons. The van der Waals surface area contributed by atoms with Crippen LogP contribution in [-0.2, 0) is 31.1 Å². The first kappa shape index (κ1) is 13.1. The molecule has 0 bridgehead atoms. The first-order chi connectivity index (χ1) is 6.13. The van der Waals surface area contributed by atoms with E-state index in [2.05, 4.69) is 8.95 Å². The fourth-order valence-electron chi connectivity index (χ4n) is 0.566. The molecule has 0 aliphatic carbocycles. The second kappa shape index (κ2) is 8.69. The topological polar surface area (TPSA) is 105 Å². The smallest absolute Gasteiger partial charge is 0.317 e. The minimum atomic E-state index is -2.65. The van der Waals surface area contributed by atoms with Crippen LogP contribution in [0.1, 0.15) is 0 Å². The highest BCUT2D eigenvalue weighted by Gasteiger charge is 1.96. The van der Waals surface area contributed by atoms with Gasteiger partial charge in [0.25, 0.3) is 0 Å². The van der Waals surface area contributed by atoms with Crippen molar-refractivity contribution in [3.05, 3.63) is 0 Å². The molecule has 1 fully saturated rings. The highest BCUT2D eigenvalue weighted by atomic mass is 32.3. The lowest BCUT2D eigenvalue weighted by atomic mass is 10.5. The summed E-state index contributed by atoms with van der Waals surface area (Å²) in [5.74, 6) is 0. The Morgan fingerprint density at radius 1 is 1.15 bits per heavy atom. The van der Waals surface area contributed by atoms with Gasteiger partial charge in [-0.05, 0) is 0 Å². The molecule has 0 amide bonds. The molecule has 0 saturated carbocycles. The van der Waals surface area contributed by atoms with Crippen LogP contribution in [0.3, 0.4) is 0 Å². The van der Waals surface area contributed by atoms with Crippen molar-refractivity contribution in [3.63, 3.8) is 0 Å². The lowest BCUT2D eigenvalue weighted by molar-refractivity contribution is 0.109. The van der Waals surface area contributed by atoms with Crippen molar-refractivity contribution >= 4 is 22.7 Å². The van der Waals surface area contributed by atoms with Gasteiger partial charge in [0.15, 0.2) is 0 Å². The van der Waals surface area contributed by atoms with Gasteiger partial charge >= 0.3 is 22.7 Å². The molecule has 1 rings (SSSR count). The molecular formula is C4H11NO6S2. The highest BCUT2D eigenvalue weighted by molar-refractivity contribution is 7.87. The maximum atomic E-state index is 9.35. The highest BCUT2D eigenvalue weighted by Crippen LogP contribution is 1.79. The Morgan fingerprint density at radius 2 is 1.62 bits per heavy atom. The average molecular weight is 233 g/mol. The molecule has 13 heavy (non-hydrogen) atoms. The number of hydrogen-bond acceptors (Lipinski definition) is 5. The van der Waals surface area contributed by atoms with E-state index in [0.717, 1.165) is 26.3 Å². The summed E-state index contributed by atoms with van der Waals surface area (Å²) in [6.45, 7) is 3.83. The Bertz CT molecular complexity index is 149. The van der Waals surface area contributed by atoms with Gasteiger partial charge in [-0.1, -0.05) is 0 Å². The van der Waals surface area contributed by atoms with Crippen LogP contribution in [0.5, 0.6) is 0 Å². The van der Waals surface area contributed by atoms with E-state index < -0.39 is 22.7 Å². The standard InChI is InChI=1S/C4H9NO.H2O5S2/c1-3-6-4-2-5-1;1-6(2)5-7(3)4/h5H,1-4H2;(H,1,2)(H,3,4). The van der Waals surface area contributed by atoms with Gasteiger partial charge in [0, 0.05) is 13.1 Å². The summed E-state index contributed by atoms with van der Waals surface area (Å²) in [6, 6.07) is 0. The van der Waals surface area contributed by atoms with E-state index in [1.165, 1.54) is 0 Å². The summed E-state index contributed by atoms with van der Waals surface area (Å²) in [4.78, 5) is 0. The van der Waals surface area contributed by atoms with E-state index in [9.17, 15) is 8.42 Å². The molecule has 0 spiro atoms. The Labute approximate surface area is 80.8 Å². The Hall–Kier alpha value is 0.1000. The van der Waals surface area contributed by atoms with Crippen molar-refractivity contribution in [1.82, 2.24) is 5.32 Å². The normalized spacial score (nSPS) is 21.1. The molecule has 1 aliphatic heterocycles. The largest absolute Gasteiger partial charge is 0.379 e. The SMILES string of the molecule is C1COCCN1.O=S(O)OS(=O)O. The van der Waals surface area contributed by atoms with Crippen molar-refractivity contribution in [2.24, 2.45) is 0 Å². The average Bonchev–Trinajstić information content (AvgIpc) is 2.06. The molecule has 3 N–H and O–H groups in total. The second-order valence-corrected chi connectivity index (χ2v) is 3.28. The van der Waals surface area contributed by atoms with Crippen molar-refractivity contribution in [1.29, 1.82) is 0 Å². The van der Waals surface area contributed by atoms with Crippen LogP contribution in [0.25, 0.3) is 0 Å². The van der Waals surface area contributed by atoms with E-state index in [4.69, 9.17) is 13.8 Å². The van der Waals surface area contributed by atoms with E-state index in [0.29, 0.717) is 0 Å². The van der Waals surface area contributed by atoms with E-state index in [-0.39, 0.29) is 0 Å². The Morgan fingerprint density at radius 3 is 1.69 bits per heavy atom. The summed E-state index contributed by atoms with van der Waals surface area (Å²) in [5.41, 5.74) is 0. The quantitative estimate of drug-likeness (QED) is 0.519. The first-order valence-electron chi connectivity index (χ1n) is 3.32. The second-order valence-electron chi connectivity index (χ2n) is 1.86. The van der Waals surface area contributed by atoms with Gasteiger partial charge in [0.05, 0.1) is 13.2 Å². The summed E-state index contributed by atoms with van der Waals surface area (Å²) in [7, 11) is 0. The Balaban J connectivity index is 0.000000223. The van der Waals surface area contributed by atoms with Crippen LogP contribution in [0.2, 0.25) is 0 Å². The van der Waals surface area contributed by atoms with Crippen LogP contribution in [0, 0.1) is 0 Å². The molecule has 1 saturated heterocycles. The molecule has 1 heterocycles. The van der Waals surface area contributed by atoms with Gasteiger partial charge in [-0.15, -0.1) is 3.63 Å². The van der Waals surface area contributed by atoms with Crippen LogP contribution < -0.4 is 5.32 Å². The molecule has 0 aromatic carbocycles. The summed E-state index contributed by atoms with van der Waals surface area (Å²) < 4.78 is 42.2. The molecule has 9 heteroatoms. The molecular weight excluding hydrogens is 222 g/mol. The third-order valence-electron chi connectivity index (χ3n) is 0.963. The molecule has 7 nitrogen and oxygen atoms in total. The van der Waals surface area contributed by atoms with Gasteiger partial charge in [0.2, 0.25) is 0 Å². The fourth-order valence-corrected chi connectivity index (χ4v) is 0.964. The zero-order chi connectivity index (χ0) is 10.1. The lowest BCUT2D eigenvalue weighted by Gasteiger charge is -2.10. The van der Waals surface area contributed by atoms with Crippen LogP contribution >= 0.6 is 0 Å². The first-order valence-corrected chi connectivity index (χ1v) is 5.38. The predicted octanol–water partition coefficient (Wildman–Crippen LogP) is -1.12. The molecule has 0 aromatic heterocycles. The lowest BCUT2D eigenvalue weighted by Crippen LogP contribution is -2.30. The predicted molar refractivity (Wildman–Crippen MR) is 46.3 cm³/mol. The number of rotatable bonds is 2. The summed E-state index contributed by atoms with van der Waals surface area (Å²) in [5, 5.41) is 3.16. The third kappa shape index (κ3) is 12.1. The zero-order valence-electron chi connectivity index (χ0n) is 6.67. The number of nitrogens with one attached hydrogen (secondary N) is 1. The van der Waals surface area contributed by atoms with Crippen molar-refractivity contribution in [3.8, 4) is 0 Å². The summed E-state index contributed by atoms with van der Waals surface area (Å²) in [6.07, 6.45) is 0. The monoisotopic (exact) mass is 233 g/mol. The van der Waals surface area contributed by atoms with Crippen LogP contribution in [0.15, 0.2) is 0 Å². The van der Waals surface area contributed by atoms with Gasteiger partial charge in [-0.25, -0.2) is 0 Å². The zero-order valence-corrected chi connectivity index (χ0v) is 8.31. The van der Waals surface area contributed by atoms with Crippen LogP contribution in [0.4, 0.5) is 0 Å². The van der Waals surface area contributed by atoms with Gasteiger partial charge in [-0.3, -0.25) is 9.11 Å². The maximum Gasteiger partial charge on any atom is 0.317 e. The number of morpholine rings is 1. The van der Waals surface area contributed by atoms with Crippen molar-refractivity contribution in [2.45, 2.75) is 0 Å². The minimum Gasteiger partial charge on any atom is -0.379 e. The molecule has 0 atom stereocenters. The fraction of sp³-hybridized carbons (Fsp3) is 1.00. The van der Waals surface area contributed by atoms with E-state index in [1.54, 1.807) is 0 Å². The van der Waals surface area contributed by atoms with E-state index >= 15 is 0 Å². The van der Waals surface area contributed by atoms with Crippen molar-refractivity contribution in [2.75, 3.05) is 26.3 Å². The molecule has 0 radical (unpaired) electrons. The van der Waals surface area contributed by atoms with Gasteiger partial charge in [-0.2, -0.15) is 8.42 Å². The van der Waals surface area contributed by atoms with Gasteiger partial charge in [0.1, 0.15) is 0 Å². The number of ether oxygens (including phenoxy) is 1. The Kier molecular flexibility index (Phi) is 8.75. The number of hydrogen-bond donors (Lipinski definition) is 3.